The number of hydrogen-bond donors (Lipinski definition) is 1. The highest BCUT2D eigenvalue weighted by atomic mass is 16.1. The lowest BCUT2D eigenvalue weighted by Gasteiger charge is -2.03. The van der Waals surface area contributed by atoms with Gasteiger partial charge in [0.25, 0.3) is 5.56 Å². The molecule has 0 radical (unpaired) electrons. The molecule has 0 saturated carbocycles. The molecule has 84 valence electrons. The number of aromatic nitrogens is 3. The summed E-state index contributed by atoms with van der Waals surface area (Å²) < 4.78 is 0. The quantitative estimate of drug-likeness (QED) is 0.645. The van der Waals surface area contributed by atoms with Crippen LogP contribution in [0.1, 0.15) is 12.7 Å². The van der Waals surface area contributed by atoms with Crippen molar-refractivity contribution < 1.29 is 0 Å². The number of pyridine rings is 1. The summed E-state index contributed by atoms with van der Waals surface area (Å²) in [6, 6.07) is 7.42. The predicted molar refractivity (Wildman–Crippen MR) is 67.0 cm³/mol. The van der Waals surface area contributed by atoms with Crippen molar-refractivity contribution in [2.75, 3.05) is 0 Å². The first kappa shape index (κ1) is 9.96. The van der Waals surface area contributed by atoms with Crippen LogP contribution in [0.2, 0.25) is 0 Å². The van der Waals surface area contributed by atoms with Gasteiger partial charge in [0.2, 0.25) is 0 Å². The van der Waals surface area contributed by atoms with Crippen LogP contribution in [-0.4, -0.2) is 15.0 Å². The average molecular weight is 225 g/mol. The number of nitrogens with one attached hydrogen (secondary N) is 1. The van der Waals surface area contributed by atoms with Gasteiger partial charge in [-0.15, -0.1) is 0 Å². The highest BCUT2D eigenvalue weighted by Gasteiger charge is 2.06. The first-order chi connectivity index (χ1) is 8.29. The van der Waals surface area contributed by atoms with E-state index in [4.69, 9.17) is 0 Å². The SMILES string of the molecule is CCc1nc2c(ccc3ncccc32)c(=O)[nH]1. The monoisotopic (exact) mass is 225 g/mol. The topological polar surface area (TPSA) is 58.6 Å². The lowest BCUT2D eigenvalue weighted by molar-refractivity contribution is 0.945. The van der Waals surface area contributed by atoms with Crippen molar-refractivity contribution >= 4 is 21.8 Å². The largest absolute Gasteiger partial charge is 0.310 e. The maximum absolute atomic E-state index is 11.9. The van der Waals surface area contributed by atoms with Crippen LogP contribution < -0.4 is 5.56 Å². The third-order valence-corrected chi connectivity index (χ3v) is 2.84. The molecular formula is C13H11N3O. The van der Waals surface area contributed by atoms with Crippen LogP contribution >= 0.6 is 0 Å². The van der Waals surface area contributed by atoms with Crippen LogP contribution in [0.15, 0.2) is 35.3 Å². The van der Waals surface area contributed by atoms with Crippen molar-refractivity contribution in [2.45, 2.75) is 13.3 Å². The summed E-state index contributed by atoms with van der Waals surface area (Å²) in [6.07, 6.45) is 2.45. The second kappa shape index (κ2) is 3.66. The van der Waals surface area contributed by atoms with E-state index >= 15 is 0 Å². The van der Waals surface area contributed by atoms with Gasteiger partial charge in [0.15, 0.2) is 0 Å². The van der Waals surface area contributed by atoms with Crippen LogP contribution in [0.5, 0.6) is 0 Å². The smallest absolute Gasteiger partial charge is 0.258 e. The highest BCUT2D eigenvalue weighted by molar-refractivity contribution is 6.03. The number of nitrogens with zero attached hydrogens (tertiary/aromatic N) is 2. The summed E-state index contributed by atoms with van der Waals surface area (Å²) in [7, 11) is 0. The second-order valence-corrected chi connectivity index (χ2v) is 3.90. The Hall–Kier alpha value is -2.23. The lowest BCUT2D eigenvalue weighted by atomic mass is 10.1. The van der Waals surface area contributed by atoms with Crippen molar-refractivity contribution in [3.8, 4) is 0 Å². The molecule has 0 aliphatic rings. The standard InChI is InChI=1S/C13H11N3O/c1-2-11-15-12-8-4-3-7-14-10(8)6-5-9(12)13(17)16-11/h3-7H,2H2,1H3,(H,15,16,17). The van der Waals surface area contributed by atoms with Crippen LogP contribution in [0, 0.1) is 0 Å². The normalized spacial score (nSPS) is 11.1. The van der Waals surface area contributed by atoms with Gasteiger partial charge in [0.1, 0.15) is 5.82 Å². The maximum atomic E-state index is 11.9. The summed E-state index contributed by atoms with van der Waals surface area (Å²) in [5.41, 5.74) is 1.51. The summed E-state index contributed by atoms with van der Waals surface area (Å²) in [4.78, 5) is 23.4. The third-order valence-electron chi connectivity index (χ3n) is 2.84. The van der Waals surface area contributed by atoms with Gasteiger partial charge in [-0.25, -0.2) is 4.98 Å². The van der Waals surface area contributed by atoms with Crippen molar-refractivity contribution in [2.24, 2.45) is 0 Å². The fraction of sp³-hybridized carbons (Fsp3) is 0.154. The number of aromatic amines is 1. The van der Waals surface area contributed by atoms with Gasteiger partial charge < -0.3 is 4.98 Å². The lowest BCUT2D eigenvalue weighted by Crippen LogP contribution is -2.11. The summed E-state index contributed by atoms with van der Waals surface area (Å²) >= 11 is 0. The molecule has 0 aliphatic heterocycles. The Morgan fingerprint density at radius 3 is 2.94 bits per heavy atom. The Balaban J connectivity index is 2.56. The molecule has 3 rings (SSSR count). The summed E-state index contributed by atoms with van der Waals surface area (Å²) in [6.45, 7) is 1.97. The van der Waals surface area contributed by atoms with E-state index in [9.17, 15) is 4.79 Å². The molecule has 2 aromatic heterocycles. The van der Waals surface area contributed by atoms with E-state index < -0.39 is 0 Å². The Morgan fingerprint density at radius 1 is 1.24 bits per heavy atom. The Kier molecular flexibility index (Phi) is 2.14. The van der Waals surface area contributed by atoms with Gasteiger partial charge in [0, 0.05) is 18.0 Å². The molecule has 0 spiro atoms. The average Bonchev–Trinajstić information content (AvgIpc) is 2.38. The number of H-pyrrole nitrogens is 1. The van der Waals surface area contributed by atoms with Crippen LogP contribution in [-0.2, 0) is 6.42 Å². The number of fused-ring (bicyclic) bond motifs is 3. The molecule has 0 bridgehead atoms. The number of aryl methyl sites for hydroxylation is 1. The zero-order valence-electron chi connectivity index (χ0n) is 9.40. The van der Waals surface area contributed by atoms with Crippen LogP contribution in [0.25, 0.3) is 21.8 Å². The van der Waals surface area contributed by atoms with Crippen LogP contribution in [0.3, 0.4) is 0 Å². The minimum Gasteiger partial charge on any atom is -0.310 e. The molecule has 4 nitrogen and oxygen atoms in total. The van der Waals surface area contributed by atoms with Crippen molar-refractivity contribution in [3.63, 3.8) is 0 Å². The molecular weight excluding hydrogens is 214 g/mol. The second-order valence-electron chi connectivity index (χ2n) is 3.90. The van der Waals surface area contributed by atoms with Gasteiger partial charge in [-0.05, 0) is 24.3 Å². The van der Waals surface area contributed by atoms with Gasteiger partial charge in [-0.1, -0.05) is 6.92 Å². The molecule has 0 saturated heterocycles. The molecule has 2 heterocycles. The maximum Gasteiger partial charge on any atom is 0.258 e. The molecule has 0 aliphatic carbocycles. The molecule has 0 amide bonds. The molecule has 4 heteroatoms. The van der Waals surface area contributed by atoms with E-state index in [1.807, 2.05) is 25.1 Å². The molecule has 3 aromatic rings. The first-order valence-corrected chi connectivity index (χ1v) is 5.56. The Bertz CT molecular complexity index is 761. The molecule has 1 aromatic carbocycles. The minimum atomic E-state index is -0.0856. The number of rotatable bonds is 1. The molecule has 1 N–H and O–H groups in total. The number of benzene rings is 1. The van der Waals surface area contributed by atoms with E-state index in [0.717, 1.165) is 16.4 Å². The third kappa shape index (κ3) is 1.49. The zero-order valence-corrected chi connectivity index (χ0v) is 9.40. The molecule has 0 fully saturated rings. The van der Waals surface area contributed by atoms with E-state index in [2.05, 4.69) is 15.0 Å². The van der Waals surface area contributed by atoms with E-state index in [1.54, 1.807) is 12.3 Å². The van der Waals surface area contributed by atoms with Crippen LogP contribution in [0.4, 0.5) is 0 Å². The minimum absolute atomic E-state index is 0.0856. The Morgan fingerprint density at radius 2 is 2.12 bits per heavy atom. The van der Waals surface area contributed by atoms with E-state index in [-0.39, 0.29) is 5.56 Å². The highest BCUT2D eigenvalue weighted by Crippen LogP contribution is 2.19. The van der Waals surface area contributed by atoms with Gasteiger partial charge >= 0.3 is 0 Å². The summed E-state index contributed by atoms with van der Waals surface area (Å²) in [5.74, 6) is 0.707. The van der Waals surface area contributed by atoms with Gasteiger partial charge in [-0.3, -0.25) is 9.78 Å². The fourth-order valence-electron chi connectivity index (χ4n) is 1.97. The molecule has 0 atom stereocenters. The zero-order chi connectivity index (χ0) is 11.8. The van der Waals surface area contributed by atoms with E-state index in [1.165, 1.54) is 0 Å². The Labute approximate surface area is 97.3 Å². The van der Waals surface area contributed by atoms with E-state index in [0.29, 0.717) is 17.6 Å². The van der Waals surface area contributed by atoms with Crippen molar-refractivity contribution in [1.82, 2.24) is 15.0 Å². The van der Waals surface area contributed by atoms with Gasteiger partial charge in [-0.2, -0.15) is 0 Å². The first-order valence-electron chi connectivity index (χ1n) is 5.56. The molecule has 17 heavy (non-hydrogen) atoms. The predicted octanol–water partition coefficient (Wildman–Crippen LogP) is 2.03. The summed E-state index contributed by atoms with van der Waals surface area (Å²) in [5, 5.41) is 1.54. The fourth-order valence-corrected chi connectivity index (χ4v) is 1.97. The molecule has 0 unspecified atom stereocenters. The van der Waals surface area contributed by atoms with Crippen molar-refractivity contribution in [1.29, 1.82) is 0 Å². The van der Waals surface area contributed by atoms with Crippen molar-refractivity contribution in [3.05, 3.63) is 46.6 Å². The number of hydrogen-bond acceptors (Lipinski definition) is 3. The van der Waals surface area contributed by atoms with Gasteiger partial charge in [0.05, 0.1) is 16.4 Å².